The number of nitrogens with one attached hydrogen (secondary N) is 2. The summed E-state index contributed by atoms with van der Waals surface area (Å²) in [5.41, 5.74) is 3.73. The van der Waals surface area contributed by atoms with Gasteiger partial charge in [-0.1, -0.05) is 40.2 Å². The third-order valence-electron chi connectivity index (χ3n) is 3.93. The average molecular weight is 389 g/mol. The number of rotatable bonds is 5. The van der Waals surface area contributed by atoms with Gasteiger partial charge in [0.15, 0.2) is 0 Å². The smallest absolute Gasteiger partial charge is 0.251 e. The van der Waals surface area contributed by atoms with E-state index in [4.69, 9.17) is 0 Å². The van der Waals surface area contributed by atoms with Crippen molar-refractivity contribution < 1.29 is 9.59 Å². The molecule has 4 nitrogen and oxygen atoms in total. The molecule has 2 rings (SSSR count). The Bertz CT molecular complexity index is 759. The summed E-state index contributed by atoms with van der Waals surface area (Å²) >= 11 is 3.47. The summed E-state index contributed by atoms with van der Waals surface area (Å²) in [5.74, 6) is -0.475. The van der Waals surface area contributed by atoms with E-state index in [0.717, 1.165) is 21.2 Å². The lowest BCUT2D eigenvalue weighted by atomic mass is 10.1. The van der Waals surface area contributed by atoms with Gasteiger partial charge in [0, 0.05) is 10.0 Å². The predicted molar refractivity (Wildman–Crippen MR) is 98.9 cm³/mol. The molecule has 2 aromatic rings. The molecule has 0 aromatic heterocycles. The van der Waals surface area contributed by atoms with Gasteiger partial charge in [0.25, 0.3) is 5.91 Å². The van der Waals surface area contributed by atoms with Gasteiger partial charge in [-0.25, -0.2) is 0 Å². The fourth-order valence-corrected chi connectivity index (χ4v) is 2.97. The maximum Gasteiger partial charge on any atom is 0.251 e. The first-order chi connectivity index (χ1) is 11.4. The Hall–Kier alpha value is -2.14. The number of amides is 2. The van der Waals surface area contributed by atoms with Crippen molar-refractivity contribution in [3.05, 3.63) is 69.2 Å². The molecule has 2 N–H and O–H groups in total. The molecule has 126 valence electrons. The van der Waals surface area contributed by atoms with Crippen LogP contribution in [-0.2, 0) is 4.79 Å². The Morgan fingerprint density at radius 3 is 2.46 bits per heavy atom. The van der Waals surface area contributed by atoms with Crippen molar-refractivity contribution in [2.45, 2.75) is 26.8 Å². The molecule has 0 fully saturated rings. The topological polar surface area (TPSA) is 58.2 Å². The highest BCUT2D eigenvalue weighted by Crippen LogP contribution is 2.22. The highest BCUT2D eigenvalue weighted by atomic mass is 79.9. The van der Waals surface area contributed by atoms with Crippen LogP contribution in [0.25, 0.3) is 0 Å². The summed E-state index contributed by atoms with van der Waals surface area (Å²) in [7, 11) is 0. The van der Waals surface area contributed by atoms with Crippen molar-refractivity contribution in [2.75, 3.05) is 6.54 Å². The number of carbonyl (C=O) groups excluding carboxylic acids is 2. The van der Waals surface area contributed by atoms with Gasteiger partial charge in [-0.15, -0.1) is 0 Å². The van der Waals surface area contributed by atoms with Crippen molar-refractivity contribution in [1.29, 1.82) is 0 Å². The van der Waals surface area contributed by atoms with E-state index in [1.165, 1.54) is 0 Å². The van der Waals surface area contributed by atoms with E-state index in [0.29, 0.717) is 5.56 Å². The van der Waals surface area contributed by atoms with E-state index in [9.17, 15) is 9.59 Å². The van der Waals surface area contributed by atoms with E-state index in [2.05, 4.69) is 26.6 Å². The number of aryl methyl sites for hydroxylation is 2. The fourth-order valence-electron chi connectivity index (χ4n) is 2.34. The van der Waals surface area contributed by atoms with Crippen LogP contribution in [0.1, 0.15) is 40.0 Å². The first-order valence-corrected chi connectivity index (χ1v) is 8.57. The van der Waals surface area contributed by atoms with Gasteiger partial charge in [0.05, 0.1) is 12.6 Å². The van der Waals surface area contributed by atoms with Crippen molar-refractivity contribution in [3.63, 3.8) is 0 Å². The minimum Gasteiger partial charge on any atom is -0.348 e. The van der Waals surface area contributed by atoms with E-state index in [1.54, 1.807) is 6.07 Å². The van der Waals surface area contributed by atoms with Gasteiger partial charge in [0.2, 0.25) is 5.91 Å². The molecule has 0 bridgehead atoms. The fraction of sp³-hybridized carbons (Fsp3) is 0.263. The zero-order valence-corrected chi connectivity index (χ0v) is 15.6. The van der Waals surface area contributed by atoms with Crippen LogP contribution < -0.4 is 10.6 Å². The standard InChI is InChI=1S/C19H21BrN2O2/c1-12-8-9-15(10-13(12)2)19(24)21-11-18(23)22-14(3)16-6-4-5-7-17(16)20/h4-10,14H,11H2,1-3H3,(H,21,24)(H,22,23)/t14-/m1/s1. The Kier molecular flexibility index (Phi) is 6.15. The first-order valence-electron chi connectivity index (χ1n) is 7.77. The Morgan fingerprint density at radius 2 is 1.79 bits per heavy atom. The quantitative estimate of drug-likeness (QED) is 0.820. The zero-order chi connectivity index (χ0) is 17.7. The molecular weight excluding hydrogens is 368 g/mol. The van der Waals surface area contributed by atoms with Gasteiger partial charge in [-0.05, 0) is 55.7 Å². The minimum atomic E-state index is -0.248. The largest absolute Gasteiger partial charge is 0.348 e. The summed E-state index contributed by atoms with van der Waals surface area (Å²) in [6, 6.07) is 13.1. The predicted octanol–water partition coefficient (Wildman–Crippen LogP) is 3.67. The molecule has 0 saturated carbocycles. The molecule has 0 aliphatic carbocycles. The molecule has 24 heavy (non-hydrogen) atoms. The number of hydrogen-bond acceptors (Lipinski definition) is 2. The Morgan fingerprint density at radius 1 is 1.08 bits per heavy atom. The van der Waals surface area contributed by atoms with Crippen LogP contribution in [0, 0.1) is 13.8 Å². The van der Waals surface area contributed by atoms with E-state index < -0.39 is 0 Å². The van der Waals surface area contributed by atoms with Crippen LogP contribution in [0.2, 0.25) is 0 Å². The summed E-state index contributed by atoms with van der Waals surface area (Å²) in [6.45, 7) is 5.80. The van der Waals surface area contributed by atoms with Crippen LogP contribution in [0.15, 0.2) is 46.9 Å². The lowest BCUT2D eigenvalue weighted by Gasteiger charge is -2.16. The maximum absolute atomic E-state index is 12.1. The molecule has 2 aromatic carbocycles. The number of carbonyl (C=O) groups is 2. The van der Waals surface area contributed by atoms with E-state index >= 15 is 0 Å². The van der Waals surface area contributed by atoms with Crippen molar-refractivity contribution in [1.82, 2.24) is 10.6 Å². The first kappa shape index (κ1) is 18.2. The molecule has 0 aliphatic heterocycles. The van der Waals surface area contributed by atoms with Gasteiger partial charge >= 0.3 is 0 Å². The lowest BCUT2D eigenvalue weighted by molar-refractivity contribution is -0.120. The average Bonchev–Trinajstić information content (AvgIpc) is 2.55. The van der Waals surface area contributed by atoms with Gasteiger partial charge < -0.3 is 10.6 Å². The minimum absolute atomic E-state index is 0.0550. The molecule has 2 amide bonds. The molecule has 0 radical (unpaired) electrons. The third-order valence-corrected chi connectivity index (χ3v) is 4.65. The second-order valence-electron chi connectivity index (χ2n) is 5.79. The molecule has 0 saturated heterocycles. The van der Waals surface area contributed by atoms with Crippen LogP contribution in [0.5, 0.6) is 0 Å². The van der Waals surface area contributed by atoms with Gasteiger partial charge in [-0.2, -0.15) is 0 Å². The number of halogens is 1. The van der Waals surface area contributed by atoms with Crippen LogP contribution in [0.4, 0.5) is 0 Å². The van der Waals surface area contributed by atoms with Crippen molar-refractivity contribution in [2.24, 2.45) is 0 Å². The third kappa shape index (κ3) is 4.68. The summed E-state index contributed by atoms with van der Waals surface area (Å²) in [6.07, 6.45) is 0. The van der Waals surface area contributed by atoms with Crippen LogP contribution in [0.3, 0.4) is 0 Å². The molecule has 5 heteroatoms. The van der Waals surface area contributed by atoms with E-state index in [1.807, 2.05) is 57.2 Å². The molecule has 1 atom stereocenters. The SMILES string of the molecule is Cc1ccc(C(=O)NCC(=O)N[C@H](C)c2ccccc2Br)cc1C. The highest BCUT2D eigenvalue weighted by Gasteiger charge is 2.13. The number of hydrogen-bond donors (Lipinski definition) is 2. The van der Waals surface area contributed by atoms with Crippen molar-refractivity contribution >= 4 is 27.7 Å². The monoisotopic (exact) mass is 388 g/mol. The molecule has 0 unspecified atom stereocenters. The summed E-state index contributed by atoms with van der Waals surface area (Å²) < 4.78 is 0.942. The molecular formula is C19H21BrN2O2. The lowest BCUT2D eigenvalue weighted by Crippen LogP contribution is -2.38. The molecule has 0 spiro atoms. The Labute approximate surface area is 150 Å². The number of benzene rings is 2. The Balaban J connectivity index is 1.89. The van der Waals surface area contributed by atoms with E-state index in [-0.39, 0.29) is 24.4 Å². The van der Waals surface area contributed by atoms with Gasteiger partial charge in [0.1, 0.15) is 0 Å². The second-order valence-corrected chi connectivity index (χ2v) is 6.65. The van der Waals surface area contributed by atoms with Crippen LogP contribution >= 0.6 is 15.9 Å². The maximum atomic E-state index is 12.1. The summed E-state index contributed by atoms with van der Waals surface area (Å²) in [4.78, 5) is 24.2. The second kappa shape index (κ2) is 8.11. The zero-order valence-electron chi connectivity index (χ0n) is 14.0. The van der Waals surface area contributed by atoms with Crippen LogP contribution in [-0.4, -0.2) is 18.4 Å². The molecule has 0 aliphatic rings. The summed E-state index contributed by atoms with van der Waals surface area (Å²) in [5, 5.41) is 5.53. The molecule has 0 heterocycles. The van der Waals surface area contributed by atoms with Gasteiger partial charge in [-0.3, -0.25) is 9.59 Å². The highest BCUT2D eigenvalue weighted by molar-refractivity contribution is 9.10. The van der Waals surface area contributed by atoms with Crippen molar-refractivity contribution in [3.8, 4) is 0 Å². The normalized spacial score (nSPS) is 11.7.